The monoisotopic (exact) mass is 286 g/mol. The van der Waals surface area contributed by atoms with Crippen molar-refractivity contribution >= 4 is 17.9 Å². The van der Waals surface area contributed by atoms with E-state index in [2.05, 4.69) is 17.6 Å². The van der Waals surface area contributed by atoms with Gasteiger partial charge >= 0.3 is 12.0 Å². The van der Waals surface area contributed by atoms with Crippen LogP contribution < -0.4 is 10.6 Å². The summed E-state index contributed by atoms with van der Waals surface area (Å²) in [5, 5.41) is 13.7. The Morgan fingerprint density at radius 2 is 1.80 bits per heavy atom. The molecule has 6 nitrogen and oxygen atoms in total. The number of amides is 3. The van der Waals surface area contributed by atoms with Crippen LogP contribution in [0.25, 0.3) is 0 Å². The summed E-state index contributed by atoms with van der Waals surface area (Å²) in [4.78, 5) is 34.0. The average molecular weight is 286 g/mol. The molecule has 0 aromatic carbocycles. The fraction of sp³-hybridized carbons (Fsp3) is 0.786. The Kier molecular flexibility index (Phi) is 7.87. The van der Waals surface area contributed by atoms with E-state index in [1.54, 1.807) is 0 Å². The third-order valence-electron chi connectivity index (χ3n) is 3.05. The first-order chi connectivity index (χ1) is 9.19. The second-order valence-electron chi connectivity index (χ2n) is 5.78. The van der Waals surface area contributed by atoms with E-state index in [0.29, 0.717) is 0 Å². The number of unbranched alkanes of at least 4 members (excludes halogenated alkanes) is 2. The molecule has 1 unspecified atom stereocenters. The van der Waals surface area contributed by atoms with Gasteiger partial charge in [0, 0.05) is 12.5 Å². The van der Waals surface area contributed by atoms with E-state index in [9.17, 15) is 14.4 Å². The number of rotatable bonds is 8. The van der Waals surface area contributed by atoms with Crippen LogP contribution in [0.15, 0.2) is 0 Å². The van der Waals surface area contributed by atoms with Gasteiger partial charge in [0.15, 0.2) is 0 Å². The van der Waals surface area contributed by atoms with Gasteiger partial charge in [0.25, 0.3) is 0 Å². The number of carbonyl (C=O) groups excluding carboxylic acids is 2. The minimum Gasteiger partial charge on any atom is -0.481 e. The Hall–Kier alpha value is -1.59. The number of hydrogen-bond donors (Lipinski definition) is 3. The molecule has 0 spiro atoms. The molecule has 3 amide bonds. The van der Waals surface area contributed by atoms with E-state index in [4.69, 9.17) is 5.11 Å². The molecular formula is C14H26N2O4. The maximum Gasteiger partial charge on any atom is 0.321 e. The molecule has 0 saturated carbocycles. The number of urea groups is 1. The molecule has 0 bridgehead atoms. The Bertz CT molecular complexity index is 353. The van der Waals surface area contributed by atoms with Gasteiger partial charge in [-0.25, -0.2) is 4.79 Å². The number of hydrogen-bond acceptors (Lipinski definition) is 3. The van der Waals surface area contributed by atoms with Gasteiger partial charge < -0.3 is 10.4 Å². The quantitative estimate of drug-likeness (QED) is 0.596. The Morgan fingerprint density at radius 1 is 1.20 bits per heavy atom. The van der Waals surface area contributed by atoms with Crippen LogP contribution in [0, 0.1) is 5.41 Å². The minimum absolute atomic E-state index is 0.0122. The highest BCUT2D eigenvalue weighted by atomic mass is 16.4. The molecule has 0 rings (SSSR count). The molecule has 0 aromatic rings. The molecule has 6 heteroatoms. The van der Waals surface area contributed by atoms with Crippen LogP contribution in [0.5, 0.6) is 0 Å². The molecule has 0 aromatic heterocycles. The standard InChI is InChI=1S/C14H26N2O4/c1-5-6-7-8-10(2)15-13(20)16-11(17)9-14(3,4)12(18)19/h10H,5-9H2,1-4H3,(H,18,19)(H2,15,16,17,20). The van der Waals surface area contributed by atoms with Crippen molar-refractivity contribution in [2.75, 3.05) is 0 Å². The molecule has 0 aliphatic carbocycles. The van der Waals surface area contributed by atoms with Gasteiger partial charge in [-0.2, -0.15) is 0 Å². The summed E-state index contributed by atoms with van der Waals surface area (Å²) in [5.74, 6) is -1.66. The summed E-state index contributed by atoms with van der Waals surface area (Å²) in [7, 11) is 0. The molecule has 0 aliphatic heterocycles. The van der Waals surface area contributed by atoms with E-state index < -0.39 is 23.3 Å². The van der Waals surface area contributed by atoms with Crippen LogP contribution in [0.3, 0.4) is 0 Å². The van der Waals surface area contributed by atoms with Crippen LogP contribution in [-0.2, 0) is 9.59 Å². The van der Waals surface area contributed by atoms with Gasteiger partial charge in [0.1, 0.15) is 0 Å². The smallest absolute Gasteiger partial charge is 0.321 e. The fourth-order valence-corrected chi connectivity index (χ4v) is 1.68. The van der Waals surface area contributed by atoms with Crippen molar-refractivity contribution in [3.63, 3.8) is 0 Å². The summed E-state index contributed by atoms with van der Waals surface area (Å²) >= 11 is 0. The maximum atomic E-state index is 11.6. The summed E-state index contributed by atoms with van der Waals surface area (Å²) in [6.07, 6.45) is 3.87. The molecule has 1 atom stereocenters. The van der Waals surface area contributed by atoms with Crippen LogP contribution in [-0.4, -0.2) is 29.1 Å². The number of carboxylic acid groups (broad SMARTS) is 1. The van der Waals surface area contributed by atoms with E-state index in [1.165, 1.54) is 13.8 Å². The predicted octanol–water partition coefficient (Wildman–Crippen LogP) is 2.28. The molecule has 0 heterocycles. The maximum absolute atomic E-state index is 11.6. The second kappa shape index (κ2) is 8.55. The third kappa shape index (κ3) is 7.76. The summed E-state index contributed by atoms with van der Waals surface area (Å²) in [6.45, 7) is 6.87. The van der Waals surface area contributed by atoms with Crippen molar-refractivity contribution < 1.29 is 19.5 Å². The largest absolute Gasteiger partial charge is 0.481 e. The first kappa shape index (κ1) is 18.4. The van der Waals surface area contributed by atoms with Crippen LogP contribution >= 0.6 is 0 Å². The van der Waals surface area contributed by atoms with Crippen LogP contribution in [0.1, 0.15) is 59.8 Å². The number of carboxylic acids is 1. The normalized spacial score (nSPS) is 12.6. The minimum atomic E-state index is -1.18. The third-order valence-corrected chi connectivity index (χ3v) is 3.05. The molecular weight excluding hydrogens is 260 g/mol. The van der Waals surface area contributed by atoms with Gasteiger partial charge in [-0.15, -0.1) is 0 Å². The lowest BCUT2D eigenvalue weighted by atomic mass is 9.89. The number of carbonyl (C=O) groups is 3. The van der Waals surface area contributed by atoms with Crippen molar-refractivity contribution in [2.24, 2.45) is 5.41 Å². The highest BCUT2D eigenvalue weighted by Gasteiger charge is 2.30. The first-order valence-electron chi connectivity index (χ1n) is 7.02. The van der Waals surface area contributed by atoms with Gasteiger partial charge in [0.2, 0.25) is 5.91 Å². The summed E-state index contributed by atoms with van der Waals surface area (Å²) < 4.78 is 0. The number of imide groups is 1. The van der Waals surface area contributed by atoms with Crippen LogP contribution in [0.4, 0.5) is 4.79 Å². The Morgan fingerprint density at radius 3 is 2.30 bits per heavy atom. The van der Waals surface area contributed by atoms with Gasteiger partial charge in [-0.05, 0) is 27.2 Å². The van der Waals surface area contributed by atoms with Crippen molar-refractivity contribution in [3.8, 4) is 0 Å². The lowest BCUT2D eigenvalue weighted by Gasteiger charge is -2.19. The molecule has 0 fully saturated rings. The zero-order chi connectivity index (χ0) is 15.8. The van der Waals surface area contributed by atoms with Gasteiger partial charge in [-0.3, -0.25) is 14.9 Å². The number of nitrogens with one attached hydrogen (secondary N) is 2. The summed E-state index contributed by atoms with van der Waals surface area (Å²) in [5.41, 5.74) is -1.18. The SMILES string of the molecule is CCCCCC(C)NC(=O)NC(=O)CC(C)(C)C(=O)O. The second-order valence-corrected chi connectivity index (χ2v) is 5.78. The first-order valence-corrected chi connectivity index (χ1v) is 7.02. The van der Waals surface area contributed by atoms with Crippen LogP contribution in [0.2, 0.25) is 0 Å². The highest BCUT2D eigenvalue weighted by Crippen LogP contribution is 2.19. The molecule has 116 valence electrons. The van der Waals surface area contributed by atoms with Crippen molar-refractivity contribution in [1.29, 1.82) is 0 Å². The van der Waals surface area contributed by atoms with E-state index in [0.717, 1.165) is 25.7 Å². The van der Waals surface area contributed by atoms with Crippen molar-refractivity contribution in [3.05, 3.63) is 0 Å². The summed E-state index contributed by atoms with van der Waals surface area (Å²) in [6, 6.07) is -0.581. The van der Waals surface area contributed by atoms with Crippen molar-refractivity contribution in [2.45, 2.75) is 65.8 Å². The lowest BCUT2D eigenvalue weighted by molar-refractivity contribution is -0.149. The predicted molar refractivity (Wildman–Crippen MR) is 76.3 cm³/mol. The van der Waals surface area contributed by atoms with Gasteiger partial charge in [-0.1, -0.05) is 26.2 Å². The van der Waals surface area contributed by atoms with E-state index >= 15 is 0 Å². The molecule has 3 N–H and O–H groups in total. The molecule has 0 radical (unpaired) electrons. The zero-order valence-electron chi connectivity index (χ0n) is 12.8. The molecule has 20 heavy (non-hydrogen) atoms. The molecule has 0 aliphatic rings. The Balaban J connectivity index is 4.08. The van der Waals surface area contributed by atoms with Crippen molar-refractivity contribution in [1.82, 2.24) is 10.6 Å². The number of aliphatic carboxylic acids is 1. The van der Waals surface area contributed by atoms with E-state index in [-0.39, 0.29) is 12.5 Å². The van der Waals surface area contributed by atoms with Gasteiger partial charge in [0.05, 0.1) is 5.41 Å². The molecule has 0 saturated heterocycles. The topological polar surface area (TPSA) is 95.5 Å². The highest BCUT2D eigenvalue weighted by molar-refractivity contribution is 5.96. The zero-order valence-corrected chi connectivity index (χ0v) is 12.8. The fourth-order valence-electron chi connectivity index (χ4n) is 1.68. The Labute approximate surface area is 120 Å². The lowest BCUT2D eigenvalue weighted by Crippen LogP contribution is -2.45. The van der Waals surface area contributed by atoms with E-state index in [1.807, 2.05) is 6.92 Å². The average Bonchev–Trinajstić information content (AvgIpc) is 2.27.